The van der Waals surface area contributed by atoms with Gasteiger partial charge in [0.1, 0.15) is 0 Å². The lowest BCUT2D eigenvalue weighted by Gasteiger charge is -2.17. The van der Waals surface area contributed by atoms with Crippen molar-refractivity contribution in [2.24, 2.45) is 11.1 Å². The van der Waals surface area contributed by atoms with Crippen molar-refractivity contribution in [3.63, 3.8) is 0 Å². The lowest BCUT2D eigenvalue weighted by atomic mass is 9.91. The van der Waals surface area contributed by atoms with Crippen LogP contribution in [-0.2, 0) is 0 Å². The van der Waals surface area contributed by atoms with E-state index in [-0.39, 0.29) is 11.5 Å². The number of hydrogen-bond donors (Lipinski definition) is 1. The SMILES string of the molecule is N#CC1(C(N)c2ccc(-c3ccccc3)cc2)CC1. The van der Waals surface area contributed by atoms with E-state index in [2.05, 4.69) is 30.3 Å². The normalized spacial score (nSPS) is 17.5. The summed E-state index contributed by atoms with van der Waals surface area (Å²) in [5.74, 6) is 0. The number of nitriles is 1. The Kier molecular flexibility index (Phi) is 2.85. The van der Waals surface area contributed by atoms with E-state index in [9.17, 15) is 5.26 Å². The van der Waals surface area contributed by atoms with Crippen molar-refractivity contribution in [2.45, 2.75) is 18.9 Å². The minimum Gasteiger partial charge on any atom is -0.323 e. The van der Waals surface area contributed by atoms with Crippen LogP contribution in [0, 0.1) is 16.7 Å². The smallest absolute Gasteiger partial charge is 0.0767 e. The first-order chi connectivity index (χ1) is 9.25. The first kappa shape index (κ1) is 12.0. The molecular weight excluding hydrogens is 232 g/mol. The van der Waals surface area contributed by atoms with E-state index < -0.39 is 0 Å². The van der Waals surface area contributed by atoms with Gasteiger partial charge in [-0.15, -0.1) is 0 Å². The zero-order chi connectivity index (χ0) is 13.3. The molecule has 2 heteroatoms. The van der Waals surface area contributed by atoms with Gasteiger partial charge in [0.05, 0.1) is 11.5 Å². The number of rotatable bonds is 3. The highest BCUT2D eigenvalue weighted by molar-refractivity contribution is 5.63. The summed E-state index contributed by atoms with van der Waals surface area (Å²) in [5, 5.41) is 9.19. The highest BCUT2D eigenvalue weighted by Crippen LogP contribution is 2.53. The quantitative estimate of drug-likeness (QED) is 0.901. The summed E-state index contributed by atoms with van der Waals surface area (Å²) in [5.41, 5.74) is 9.33. The first-order valence-electron chi connectivity index (χ1n) is 6.57. The zero-order valence-electron chi connectivity index (χ0n) is 10.7. The number of nitrogens with zero attached hydrogens (tertiary/aromatic N) is 1. The molecule has 0 radical (unpaired) electrons. The summed E-state index contributed by atoms with van der Waals surface area (Å²) in [7, 11) is 0. The fourth-order valence-electron chi connectivity index (χ4n) is 2.46. The summed E-state index contributed by atoms with van der Waals surface area (Å²) in [6.45, 7) is 0. The Bertz CT molecular complexity index is 604. The van der Waals surface area contributed by atoms with E-state index in [0.29, 0.717) is 0 Å². The molecule has 1 aliphatic rings. The van der Waals surface area contributed by atoms with Gasteiger partial charge >= 0.3 is 0 Å². The predicted molar refractivity (Wildman–Crippen MR) is 76.1 cm³/mol. The van der Waals surface area contributed by atoms with Gasteiger partial charge in [-0.05, 0) is 29.5 Å². The molecule has 2 aromatic rings. The third-order valence-electron chi connectivity index (χ3n) is 3.98. The lowest BCUT2D eigenvalue weighted by molar-refractivity contribution is 0.519. The molecule has 1 aliphatic carbocycles. The van der Waals surface area contributed by atoms with Crippen LogP contribution in [0.3, 0.4) is 0 Å². The van der Waals surface area contributed by atoms with Gasteiger partial charge in [0.2, 0.25) is 0 Å². The monoisotopic (exact) mass is 248 g/mol. The summed E-state index contributed by atoms with van der Waals surface area (Å²) < 4.78 is 0. The standard InChI is InChI=1S/C17H16N2/c18-12-17(10-11-17)16(19)15-8-6-14(7-9-15)13-4-2-1-3-5-13/h1-9,16H,10-11,19H2. The molecule has 2 N–H and O–H groups in total. The number of nitrogens with two attached hydrogens (primary N) is 1. The van der Waals surface area contributed by atoms with Gasteiger partial charge in [-0.3, -0.25) is 0 Å². The highest BCUT2D eigenvalue weighted by Gasteiger charge is 2.49. The average Bonchev–Trinajstić information content (AvgIpc) is 3.29. The van der Waals surface area contributed by atoms with Gasteiger partial charge in [-0.2, -0.15) is 5.26 Å². The van der Waals surface area contributed by atoms with E-state index in [1.165, 1.54) is 11.1 Å². The molecule has 94 valence electrons. The Morgan fingerprint density at radius 1 is 0.947 bits per heavy atom. The topological polar surface area (TPSA) is 49.8 Å². The Hall–Kier alpha value is -2.11. The minimum atomic E-state index is -0.311. The molecule has 1 fully saturated rings. The van der Waals surface area contributed by atoms with Crippen molar-refractivity contribution < 1.29 is 0 Å². The molecule has 0 heterocycles. The molecule has 1 unspecified atom stereocenters. The molecule has 2 aromatic carbocycles. The highest BCUT2D eigenvalue weighted by atomic mass is 14.7. The van der Waals surface area contributed by atoms with Gasteiger partial charge in [-0.1, -0.05) is 54.6 Å². The summed E-state index contributed by atoms with van der Waals surface area (Å²) in [4.78, 5) is 0. The van der Waals surface area contributed by atoms with E-state index in [4.69, 9.17) is 5.73 Å². The van der Waals surface area contributed by atoms with Crippen LogP contribution >= 0.6 is 0 Å². The second kappa shape index (κ2) is 4.53. The third-order valence-corrected chi connectivity index (χ3v) is 3.98. The molecule has 0 saturated heterocycles. The Labute approximate surface area is 113 Å². The van der Waals surface area contributed by atoms with Crippen LogP contribution in [0.1, 0.15) is 24.4 Å². The molecule has 0 bridgehead atoms. The number of hydrogen-bond acceptors (Lipinski definition) is 2. The van der Waals surface area contributed by atoms with Crippen LogP contribution in [-0.4, -0.2) is 0 Å². The first-order valence-corrected chi connectivity index (χ1v) is 6.57. The summed E-state index contributed by atoms with van der Waals surface area (Å²) in [6.07, 6.45) is 1.84. The number of benzene rings is 2. The van der Waals surface area contributed by atoms with Crippen molar-refractivity contribution in [1.82, 2.24) is 0 Å². The largest absolute Gasteiger partial charge is 0.323 e. The van der Waals surface area contributed by atoms with Crippen LogP contribution in [0.15, 0.2) is 54.6 Å². The predicted octanol–water partition coefficient (Wildman–Crippen LogP) is 3.66. The Balaban J connectivity index is 1.86. The molecule has 3 rings (SSSR count). The van der Waals surface area contributed by atoms with Crippen molar-refractivity contribution in [3.05, 3.63) is 60.2 Å². The zero-order valence-corrected chi connectivity index (χ0v) is 10.7. The van der Waals surface area contributed by atoms with Crippen LogP contribution in [0.25, 0.3) is 11.1 Å². The van der Waals surface area contributed by atoms with E-state index in [1.807, 2.05) is 30.3 Å². The molecule has 19 heavy (non-hydrogen) atoms. The molecule has 1 saturated carbocycles. The van der Waals surface area contributed by atoms with Crippen LogP contribution in [0.2, 0.25) is 0 Å². The van der Waals surface area contributed by atoms with Crippen molar-refractivity contribution in [3.8, 4) is 17.2 Å². The van der Waals surface area contributed by atoms with E-state index in [0.717, 1.165) is 18.4 Å². The Morgan fingerprint density at radius 3 is 2.05 bits per heavy atom. The second-order valence-corrected chi connectivity index (χ2v) is 5.23. The van der Waals surface area contributed by atoms with Gasteiger partial charge in [-0.25, -0.2) is 0 Å². The summed E-state index contributed by atoms with van der Waals surface area (Å²) >= 11 is 0. The molecule has 0 spiro atoms. The fraction of sp³-hybridized carbons (Fsp3) is 0.235. The average molecular weight is 248 g/mol. The maximum atomic E-state index is 9.19. The van der Waals surface area contributed by atoms with Gasteiger partial charge in [0.15, 0.2) is 0 Å². The van der Waals surface area contributed by atoms with Crippen molar-refractivity contribution in [1.29, 1.82) is 5.26 Å². The second-order valence-electron chi connectivity index (χ2n) is 5.23. The minimum absolute atomic E-state index is 0.165. The summed E-state index contributed by atoms with van der Waals surface area (Å²) in [6, 6.07) is 20.7. The lowest BCUT2D eigenvalue weighted by Crippen LogP contribution is -2.21. The van der Waals surface area contributed by atoms with Crippen molar-refractivity contribution in [2.75, 3.05) is 0 Å². The van der Waals surface area contributed by atoms with Gasteiger partial charge < -0.3 is 5.73 Å². The maximum absolute atomic E-state index is 9.19. The van der Waals surface area contributed by atoms with Crippen molar-refractivity contribution >= 4 is 0 Å². The van der Waals surface area contributed by atoms with E-state index in [1.54, 1.807) is 0 Å². The van der Waals surface area contributed by atoms with Crippen LogP contribution < -0.4 is 5.73 Å². The third kappa shape index (κ3) is 2.14. The van der Waals surface area contributed by atoms with Gasteiger partial charge in [0, 0.05) is 6.04 Å². The van der Waals surface area contributed by atoms with Crippen LogP contribution in [0.4, 0.5) is 0 Å². The molecule has 1 atom stereocenters. The van der Waals surface area contributed by atoms with Crippen LogP contribution in [0.5, 0.6) is 0 Å². The molecular formula is C17H16N2. The molecule has 0 amide bonds. The molecule has 0 aromatic heterocycles. The maximum Gasteiger partial charge on any atom is 0.0767 e. The van der Waals surface area contributed by atoms with E-state index >= 15 is 0 Å². The molecule has 2 nitrogen and oxygen atoms in total. The Morgan fingerprint density at radius 2 is 1.53 bits per heavy atom. The fourth-order valence-corrected chi connectivity index (χ4v) is 2.46. The van der Waals surface area contributed by atoms with Gasteiger partial charge in [0.25, 0.3) is 0 Å². The molecule has 0 aliphatic heterocycles.